The highest BCUT2D eigenvalue weighted by molar-refractivity contribution is 5.71. The van der Waals surface area contributed by atoms with Gasteiger partial charge in [0.25, 0.3) is 0 Å². The van der Waals surface area contributed by atoms with Crippen LogP contribution in [0.15, 0.2) is 27.5 Å². The van der Waals surface area contributed by atoms with Crippen molar-refractivity contribution in [1.82, 2.24) is 10.1 Å². The van der Waals surface area contributed by atoms with E-state index in [9.17, 15) is 9.90 Å². The van der Waals surface area contributed by atoms with Crippen LogP contribution in [0.4, 0.5) is 0 Å². The summed E-state index contributed by atoms with van der Waals surface area (Å²) in [4.78, 5) is 15.7. The van der Waals surface area contributed by atoms with Gasteiger partial charge in [0.15, 0.2) is 0 Å². The van der Waals surface area contributed by atoms with Crippen molar-refractivity contribution in [2.45, 2.75) is 32.1 Å². The second-order valence-electron chi connectivity index (χ2n) is 5.27. The number of carbonyl (C=O) groups is 1. The number of nitrogens with zero attached hydrogens (tertiary/aromatic N) is 2. The van der Waals surface area contributed by atoms with E-state index in [4.69, 9.17) is 8.94 Å². The predicted molar refractivity (Wildman–Crippen MR) is 68.9 cm³/mol. The van der Waals surface area contributed by atoms with Gasteiger partial charge in [-0.15, -0.1) is 0 Å². The van der Waals surface area contributed by atoms with Crippen molar-refractivity contribution in [3.8, 4) is 11.4 Å². The fourth-order valence-electron chi connectivity index (χ4n) is 2.92. The highest BCUT2D eigenvalue weighted by atomic mass is 16.5. The number of carboxylic acid groups (broad SMARTS) is 1. The smallest absolute Gasteiger partial charge is 0.307 e. The molecule has 20 heavy (non-hydrogen) atoms. The summed E-state index contributed by atoms with van der Waals surface area (Å²) in [6, 6.07) is 1.74. The Hall–Kier alpha value is -2.11. The Bertz CT molecular complexity index is 590. The van der Waals surface area contributed by atoms with Crippen molar-refractivity contribution < 1.29 is 18.8 Å². The number of furan rings is 1. The Kier molecular flexibility index (Phi) is 3.30. The molecular formula is C14H16N2O4. The largest absolute Gasteiger partial charge is 0.481 e. The summed E-state index contributed by atoms with van der Waals surface area (Å²) < 4.78 is 10.3. The molecule has 1 aliphatic rings. The molecule has 2 aromatic heterocycles. The molecule has 0 radical (unpaired) electrons. The third-order valence-corrected chi connectivity index (χ3v) is 4.09. The lowest BCUT2D eigenvalue weighted by Gasteiger charge is -2.09. The first-order valence-corrected chi connectivity index (χ1v) is 6.78. The third-order valence-electron chi connectivity index (χ3n) is 4.09. The van der Waals surface area contributed by atoms with Gasteiger partial charge in [-0.05, 0) is 24.8 Å². The zero-order chi connectivity index (χ0) is 14.1. The van der Waals surface area contributed by atoms with Crippen LogP contribution in [0.2, 0.25) is 0 Å². The van der Waals surface area contributed by atoms with Crippen LogP contribution in [0, 0.1) is 11.8 Å². The second kappa shape index (κ2) is 5.11. The van der Waals surface area contributed by atoms with Crippen molar-refractivity contribution in [2.75, 3.05) is 0 Å². The maximum atomic E-state index is 11.4. The molecule has 6 nitrogen and oxygen atoms in total. The third kappa shape index (κ3) is 2.21. The zero-order valence-corrected chi connectivity index (χ0v) is 11.2. The predicted octanol–water partition coefficient (Wildman–Crippen LogP) is 2.93. The fraction of sp³-hybridized carbons (Fsp3) is 0.500. The van der Waals surface area contributed by atoms with E-state index < -0.39 is 11.9 Å². The Morgan fingerprint density at radius 3 is 3.00 bits per heavy atom. The van der Waals surface area contributed by atoms with Crippen LogP contribution in [0.25, 0.3) is 11.4 Å². The Balaban J connectivity index is 1.86. The van der Waals surface area contributed by atoms with Gasteiger partial charge in [0.2, 0.25) is 11.7 Å². The van der Waals surface area contributed by atoms with Crippen LogP contribution in [-0.4, -0.2) is 21.2 Å². The molecule has 0 amide bonds. The SMILES string of the molecule is CCC1CC(C(=O)O)C(c2nc(-c3ccoc3)no2)C1. The number of hydrogen-bond acceptors (Lipinski definition) is 5. The van der Waals surface area contributed by atoms with Gasteiger partial charge < -0.3 is 14.0 Å². The van der Waals surface area contributed by atoms with Crippen molar-refractivity contribution in [3.63, 3.8) is 0 Å². The summed E-state index contributed by atoms with van der Waals surface area (Å²) in [6.07, 6.45) is 5.52. The maximum absolute atomic E-state index is 11.4. The summed E-state index contributed by atoms with van der Waals surface area (Å²) in [6.45, 7) is 2.08. The lowest BCUT2D eigenvalue weighted by molar-refractivity contribution is -0.142. The molecular weight excluding hydrogens is 260 g/mol. The van der Waals surface area contributed by atoms with E-state index in [1.165, 1.54) is 12.5 Å². The van der Waals surface area contributed by atoms with Crippen LogP contribution in [-0.2, 0) is 4.79 Å². The Morgan fingerprint density at radius 1 is 1.50 bits per heavy atom. The van der Waals surface area contributed by atoms with Crippen LogP contribution in [0.3, 0.4) is 0 Å². The minimum absolute atomic E-state index is 0.189. The van der Waals surface area contributed by atoms with Gasteiger partial charge in [0.1, 0.15) is 6.26 Å². The molecule has 3 rings (SSSR count). The summed E-state index contributed by atoms with van der Waals surface area (Å²) in [5, 5.41) is 13.3. The van der Waals surface area contributed by atoms with E-state index in [0.29, 0.717) is 24.1 Å². The molecule has 1 N–H and O–H groups in total. The molecule has 2 heterocycles. The molecule has 6 heteroatoms. The van der Waals surface area contributed by atoms with Crippen molar-refractivity contribution >= 4 is 5.97 Å². The molecule has 0 bridgehead atoms. The Labute approximate surface area is 115 Å². The molecule has 0 spiro atoms. The molecule has 106 valence electrons. The molecule has 0 saturated heterocycles. The number of aliphatic carboxylic acids is 1. The average molecular weight is 276 g/mol. The van der Waals surface area contributed by atoms with Gasteiger partial charge in [0.05, 0.1) is 23.7 Å². The number of carboxylic acids is 1. The van der Waals surface area contributed by atoms with Gasteiger partial charge in [-0.3, -0.25) is 4.79 Å². The quantitative estimate of drug-likeness (QED) is 0.923. The summed E-state index contributed by atoms with van der Waals surface area (Å²) in [5.74, 6) is -0.134. The van der Waals surface area contributed by atoms with Crippen molar-refractivity contribution in [1.29, 1.82) is 0 Å². The maximum Gasteiger partial charge on any atom is 0.307 e. The van der Waals surface area contributed by atoms with Gasteiger partial charge in [-0.2, -0.15) is 4.98 Å². The van der Waals surface area contributed by atoms with Crippen LogP contribution >= 0.6 is 0 Å². The highest BCUT2D eigenvalue weighted by Crippen LogP contribution is 2.44. The minimum atomic E-state index is -0.783. The summed E-state index contributed by atoms with van der Waals surface area (Å²) >= 11 is 0. The van der Waals surface area contributed by atoms with Crippen LogP contribution in [0.5, 0.6) is 0 Å². The average Bonchev–Trinajstić information content (AvgIpc) is 3.17. The van der Waals surface area contributed by atoms with Crippen LogP contribution < -0.4 is 0 Å². The normalized spacial score (nSPS) is 25.9. The first-order chi connectivity index (χ1) is 9.69. The number of hydrogen-bond donors (Lipinski definition) is 1. The first kappa shape index (κ1) is 12.9. The van der Waals surface area contributed by atoms with E-state index in [-0.39, 0.29) is 5.92 Å². The Morgan fingerprint density at radius 2 is 2.35 bits per heavy atom. The number of aromatic nitrogens is 2. The molecule has 1 fully saturated rings. The zero-order valence-electron chi connectivity index (χ0n) is 11.2. The summed E-state index contributed by atoms with van der Waals surface area (Å²) in [5.41, 5.74) is 0.733. The van der Waals surface area contributed by atoms with Crippen molar-refractivity contribution in [3.05, 3.63) is 24.5 Å². The topological polar surface area (TPSA) is 89.4 Å². The molecule has 2 aromatic rings. The number of rotatable bonds is 4. The molecule has 1 aliphatic carbocycles. The van der Waals surface area contributed by atoms with E-state index in [2.05, 4.69) is 17.1 Å². The van der Waals surface area contributed by atoms with E-state index in [1.807, 2.05) is 0 Å². The minimum Gasteiger partial charge on any atom is -0.481 e. The molecule has 0 aliphatic heterocycles. The molecule has 3 unspecified atom stereocenters. The lowest BCUT2D eigenvalue weighted by atomic mass is 9.96. The van der Waals surface area contributed by atoms with Gasteiger partial charge in [0, 0.05) is 0 Å². The molecule has 0 aromatic carbocycles. The van der Waals surface area contributed by atoms with E-state index in [1.54, 1.807) is 6.07 Å². The van der Waals surface area contributed by atoms with E-state index in [0.717, 1.165) is 18.4 Å². The van der Waals surface area contributed by atoms with Crippen molar-refractivity contribution in [2.24, 2.45) is 11.8 Å². The van der Waals surface area contributed by atoms with Crippen LogP contribution in [0.1, 0.15) is 38.0 Å². The summed E-state index contributed by atoms with van der Waals surface area (Å²) in [7, 11) is 0. The molecule has 3 atom stereocenters. The lowest BCUT2D eigenvalue weighted by Crippen LogP contribution is -2.17. The fourth-order valence-corrected chi connectivity index (χ4v) is 2.92. The highest BCUT2D eigenvalue weighted by Gasteiger charge is 2.42. The second-order valence-corrected chi connectivity index (χ2v) is 5.27. The van der Waals surface area contributed by atoms with Gasteiger partial charge >= 0.3 is 5.97 Å². The molecule has 1 saturated carbocycles. The van der Waals surface area contributed by atoms with Gasteiger partial charge in [-0.1, -0.05) is 18.5 Å². The van der Waals surface area contributed by atoms with Gasteiger partial charge in [-0.25, -0.2) is 0 Å². The monoisotopic (exact) mass is 276 g/mol. The van der Waals surface area contributed by atoms with E-state index >= 15 is 0 Å². The first-order valence-electron chi connectivity index (χ1n) is 6.78. The standard InChI is InChI=1S/C14H16N2O4/c1-2-8-5-10(11(6-8)14(17)18)13-15-12(16-20-13)9-3-4-19-7-9/h3-4,7-8,10-11H,2,5-6H2,1H3,(H,17,18).